The average molecular weight is 728 g/mol. The van der Waals surface area contributed by atoms with Gasteiger partial charge in [0.15, 0.2) is 5.70 Å². The van der Waals surface area contributed by atoms with Crippen molar-refractivity contribution in [1.29, 1.82) is 0 Å². The quantitative estimate of drug-likeness (QED) is 0.149. The van der Waals surface area contributed by atoms with Crippen molar-refractivity contribution in [2.45, 2.75) is 26.4 Å². The summed E-state index contributed by atoms with van der Waals surface area (Å²) in [6, 6.07) is 19.9. The average Bonchev–Trinajstić information content (AvgIpc) is 3.14. The van der Waals surface area contributed by atoms with Crippen LogP contribution >= 0.6 is 61.1 Å². The zero-order valence-electron chi connectivity index (χ0n) is 17.9. The molecule has 0 aliphatic carbocycles. The van der Waals surface area contributed by atoms with Gasteiger partial charge in [-0.05, 0) is 98.6 Å². The fraction of sp³-hybridized carbons (Fsp3) is 0.154. The third-order valence-electron chi connectivity index (χ3n) is 5.10. The zero-order chi connectivity index (χ0) is 23.5. The van der Waals surface area contributed by atoms with E-state index in [2.05, 4.69) is 80.0 Å². The van der Waals surface area contributed by atoms with E-state index in [0.717, 1.165) is 34.1 Å². The summed E-state index contributed by atoms with van der Waals surface area (Å²) < 4.78 is 14.5. The number of hydrogen-bond donors (Lipinski definition) is 0. The minimum absolute atomic E-state index is 0.284. The summed E-state index contributed by atoms with van der Waals surface area (Å²) in [5.74, 6) is 1.14. The Morgan fingerprint density at radius 1 is 1.06 bits per heavy atom. The molecule has 3 aromatic rings. The SMILES string of the molecule is CC(C)c1ccc(C2=NC(=Cc3cc(I)c(OCc4ccccc4Br)c(I)c3)C(=O)O2)cc1. The van der Waals surface area contributed by atoms with Gasteiger partial charge in [0.1, 0.15) is 12.4 Å². The molecule has 1 aliphatic rings. The van der Waals surface area contributed by atoms with E-state index >= 15 is 0 Å². The number of nitrogens with zero attached hydrogens (tertiary/aromatic N) is 1. The summed E-state index contributed by atoms with van der Waals surface area (Å²) in [6.07, 6.45) is 1.75. The first kappa shape index (κ1) is 24.4. The van der Waals surface area contributed by atoms with Crippen LogP contribution in [0.2, 0.25) is 0 Å². The Morgan fingerprint density at radius 3 is 2.36 bits per heavy atom. The van der Waals surface area contributed by atoms with Crippen LogP contribution in [0.1, 0.15) is 42.0 Å². The van der Waals surface area contributed by atoms with Gasteiger partial charge in [0.25, 0.3) is 0 Å². The largest absolute Gasteiger partial charge is 0.487 e. The van der Waals surface area contributed by atoms with Gasteiger partial charge in [-0.1, -0.05) is 60.1 Å². The minimum atomic E-state index is -0.447. The molecule has 0 radical (unpaired) electrons. The second-order valence-corrected chi connectivity index (χ2v) is 11.0. The highest BCUT2D eigenvalue weighted by atomic mass is 127. The third-order valence-corrected chi connectivity index (χ3v) is 7.47. The Morgan fingerprint density at radius 2 is 1.73 bits per heavy atom. The van der Waals surface area contributed by atoms with Gasteiger partial charge >= 0.3 is 5.97 Å². The van der Waals surface area contributed by atoms with E-state index in [9.17, 15) is 4.79 Å². The minimum Gasteiger partial charge on any atom is -0.487 e. The molecule has 0 spiro atoms. The first-order chi connectivity index (χ1) is 15.8. The van der Waals surface area contributed by atoms with E-state index in [1.807, 2.05) is 60.7 Å². The molecule has 0 aromatic heterocycles. The van der Waals surface area contributed by atoms with Crippen LogP contribution in [-0.2, 0) is 16.1 Å². The zero-order valence-corrected chi connectivity index (χ0v) is 23.8. The van der Waals surface area contributed by atoms with Gasteiger partial charge in [-0.25, -0.2) is 9.79 Å². The standard InChI is InChI=1S/C26H20BrI2NO3/c1-15(2)17-7-9-18(10-8-17)25-30-23(26(31)33-25)13-16-11-21(28)24(22(29)12-16)32-14-19-5-3-4-6-20(19)27/h3-13,15H,14H2,1-2H3. The molecule has 168 valence electrons. The number of esters is 1. The van der Waals surface area contributed by atoms with Crippen molar-refractivity contribution in [3.8, 4) is 5.75 Å². The van der Waals surface area contributed by atoms with Crippen molar-refractivity contribution in [2.24, 2.45) is 4.99 Å². The van der Waals surface area contributed by atoms with Crippen LogP contribution in [0.25, 0.3) is 6.08 Å². The van der Waals surface area contributed by atoms with Crippen LogP contribution in [-0.4, -0.2) is 11.9 Å². The smallest absolute Gasteiger partial charge is 0.363 e. The van der Waals surface area contributed by atoms with Gasteiger partial charge in [-0.15, -0.1) is 0 Å². The normalized spacial score (nSPS) is 14.5. The van der Waals surface area contributed by atoms with Crippen LogP contribution in [0.4, 0.5) is 0 Å². The maximum Gasteiger partial charge on any atom is 0.363 e. The molecule has 0 bridgehead atoms. The Bertz CT molecular complexity index is 1240. The van der Waals surface area contributed by atoms with Gasteiger partial charge in [0, 0.05) is 15.6 Å². The molecule has 1 heterocycles. The molecule has 4 rings (SSSR count). The van der Waals surface area contributed by atoms with Crippen LogP contribution in [0.3, 0.4) is 0 Å². The van der Waals surface area contributed by atoms with Gasteiger partial charge < -0.3 is 9.47 Å². The topological polar surface area (TPSA) is 47.9 Å². The number of halogens is 3. The van der Waals surface area contributed by atoms with E-state index in [1.54, 1.807) is 6.08 Å². The Balaban J connectivity index is 1.54. The number of benzene rings is 3. The molecular weight excluding hydrogens is 708 g/mol. The van der Waals surface area contributed by atoms with E-state index in [0.29, 0.717) is 18.4 Å². The molecule has 3 aromatic carbocycles. The highest BCUT2D eigenvalue weighted by Crippen LogP contribution is 2.32. The van der Waals surface area contributed by atoms with Crippen molar-refractivity contribution in [1.82, 2.24) is 0 Å². The summed E-state index contributed by atoms with van der Waals surface area (Å²) in [4.78, 5) is 16.9. The Labute approximate surface area is 228 Å². The second-order valence-electron chi connectivity index (χ2n) is 7.81. The van der Waals surface area contributed by atoms with Crippen LogP contribution < -0.4 is 4.74 Å². The van der Waals surface area contributed by atoms with E-state index < -0.39 is 5.97 Å². The van der Waals surface area contributed by atoms with Crippen LogP contribution in [0, 0.1) is 7.14 Å². The fourth-order valence-electron chi connectivity index (χ4n) is 3.27. The van der Waals surface area contributed by atoms with Gasteiger partial charge in [0.05, 0.1) is 7.14 Å². The van der Waals surface area contributed by atoms with Crippen molar-refractivity contribution < 1.29 is 14.3 Å². The molecule has 0 atom stereocenters. The van der Waals surface area contributed by atoms with Gasteiger partial charge in [-0.2, -0.15) is 0 Å². The lowest BCUT2D eigenvalue weighted by Gasteiger charge is -2.12. The lowest BCUT2D eigenvalue weighted by Crippen LogP contribution is -2.05. The molecule has 0 N–H and O–H groups in total. The number of hydrogen-bond acceptors (Lipinski definition) is 4. The van der Waals surface area contributed by atoms with Gasteiger partial charge in [0.2, 0.25) is 5.90 Å². The first-order valence-corrected chi connectivity index (χ1v) is 13.2. The molecule has 7 heteroatoms. The highest BCUT2D eigenvalue weighted by molar-refractivity contribution is 14.1. The predicted molar refractivity (Wildman–Crippen MR) is 151 cm³/mol. The summed E-state index contributed by atoms with van der Waals surface area (Å²) in [7, 11) is 0. The van der Waals surface area contributed by atoms with E-state index in [4.69, 9.17) is 9.47 Å². The molecule has 0 fully saturated rings. The maximum atomic E-state index is 12.4. The summed E-state index contributed by atoms with van der Waals surface area (Å²) >= 11 is 8.06. The van der Waals surface area contributed by atoms with Crippen molar-refractivity contribution in [3.63, 3.8) is 0 Å². The summed E-state index contributed by atoms with van der Waals surface area (Å²) in [5, 5.41) is 0. The summed E-state index contributed by atoms with van der Waals surface area (Å²) in [6.45, 7) is 4.74. The van der Waals surface area contributed by atoms with Gasteiger partial charge in [-0.3, -0.25) is 0 Å². The molecule has 33 heavy (non-hydrogen) atoms. The molecule has 1 aliphatic heterocycles. The van der Waals surface area contributed by atoms with Crippen molar-refractivity contribution in [2.75, 3.05) is 0 Å². The molecule has 0 saturated heterocycles. The van der Waals surface area contributed by atoms with E-state index in [1.165, 1.54) is 5.56 Å². The predicted octanol–water partition coefficient (Wildman–Crippen LogP) is 7.71. The lowest BCUT2D eigenvalue weighted by molar-refractivity contribution is -0.129. The summed E-state index contributed by atoms with van der Waals surface area (Å²) in [5.41, 5.74) is 4.24. The highest BCUT2D eigenvalue weighted by Gasteiger charge is 2.24. The Hall–Kier alpha value is -1.72. The number of carbonyl (C=O) groups is 1. The number of ether oxygens (including phenoxy) is 2. The van der Waals surface area contributed by atoms with E-state index in [-0.39, 0.29) is 5.70 Å². The molecule has 0 amide bonds. The lowest BCUT2D eigenvalue weighted by atomic mass is 10.0. The first-order valence-electron chi connectivity index (χ1n) is 10.3. The molecule has 0 unspecified atom stereocenters. The van der Waals surface area contributed by atoms with Crippen LogP contribution in [0.5, 0.6) is 5.75 Å². The number of rotatable bonds is 6. The Kier molecular flexibility index (Phi) is 7.91. The second kappa shape index (κ2) is 10.7. The number of carbonyl (C=O) groups excluding carboxylic acids is 1. The molecule has 0 saturated carbocycles. The van der Waals surface area contributed by atoms with Crippen molar-refractivity contribution >= 4 is 79.1 Å². The third kappa shape index (κ3) is 5.86. The number of aliphatic imine (C=N–C) groups is 1. The monoisotopic (exact) mass is 727 g/mol. The number of cyclic esters (lactones) is 1. The van der Waals surface area contributed by atoms with Crippen molar-refractivity contribution in [3.05, 3.63) is 100 Å². The maximum absolute atomic E-state index is 12.4. The molecule has 4 nitrogen and oxygen atoms in total. The molecular formula is C26H20BrI2NO3. The van der Waals surface area contributed by atoms with Crippen LogP contribution in [0.15, 0.2) is 75.8 Å². The fourth-order valence-corrected chi connectivity index (χ4v) is 5.79.